The molecule has 46 valence electrons. The Hall–Kier alpha value is -0.530. The van der Waals surface area contributed by atoms with E-state index in [9.17, 15) is 4.79 Å². The van der Waals surface area contributed by atoms with Crippen molar-refractivity contribution in [1.82, 2.24) is 0 Å². The van der Waals surface area contributed by atoms with Gasteiger partial charge in [0.25, 0.3) is 0 Å². The van der Waals surface area contributed by atoms with Crippen LogP contribution in [0.4, 0.5) is 0 Å². The lowest BCUT2D eigenvalue weighted by atomic mass is 9.96. The summed E-state index contributed by atoms with van der Waals surface area (Å²) in [6.45, 7) is 3.93. The molecule has 0 bridgehead atoms. The molecule has 0 aliphatic carbocycles. The molecule has 0 radical (unpaired) electrons. The highest BCUT2D eigenvalue weighted by Gasteiger charge is 2.36. The molecule has 1 saturated heterocycles. The van der Waals surface area contributed by atoms with Gasteiger partial charge in [-0.15, -0.1) is 0 Å². The predicted octanol–water partition coefficient (Wildman–Crippen LogP) is 0.958. The normalized spacial score (nSPS) is 36.0. The summed E-state index contributed by atoms with van der Waals surface area (Å²) in [5.41, 5.74) is 0. The summed E-state index contributed by atoms with van der Waals surface area (Å²) in [6.07, 6.45) is 1.09. The van der Waals surface area contributed by atoms with Crippen molar-refractivity contribution < 1.29 is 9.53 Å². The zero-order valence-corrected chi connectivity index (χ0v) is 5.18. The van der Waals surface area contributed by atoms with Crippen LogP contribution in [0.25, 0.3) is 0 Å². The number of cyclic esters (lactones) is 1. The van der Waals surface area contributed by atoms with Crippen LogP contribution in [-0.2, 0) is 9.53 Å². The average Bonchev–Trinajstić information content (AvgIpc) is 1.67. The Morgan fingerprint density at radius 1 is 1.75 bits per heavy atom. The summed E-state index contributed by atoms with van der Waals surface area (Å²) in [5.74, 6) is 0.162. The van der Waals surface area contributed by atoms with Gasteiger partial charge in [0.05, 0.1) is 5.92 Å². The molecule has 1 aliphatic rings. The van der Waals surface area contributed by atoms with E-state index in [1.54, 1.807) is 0 Å². The highest BCUT2D eigenvalue weighted by molar-refractivity contribution is 5.78. The van der Waals surface area contributed by atoms with E-state index in [2.05, 4.69) is 0 Å². The molecule has 2 atom stereocenters. The van der Waals surface area contributed by atoms with Crippen molar-refractivity contribution >= 4 is 5.97 Å². The third kappa shape index (κ3) is 0.602. The maximum atomic E-state index is 10.4. The molecule has 0 spiro atoms. The average molecular weight is 114 g/mol. The maximum Gasteiger partial charge on any atom is 0.312 e. The van der Waals surface area contributed by atoms with Gasteiger partial charge in [-0.05, 0) is 13.3 Å². The molecule has 1 fully saturated rings. The quantitative estimate of drug-likeness (QED) is 0.474. The number of hydrogen-bond acceptors (Lipinski definition) is 2. The smallest absolute Gasteiger partial charge is 0.312 e. The summed E-state index contributed by atoms with van der Waals surface area (Å²) < 4.78 is 4.70. The highest BCUT2D eigenvalue weighted by atomic mass is 16.6. The first kappa shape index (κ1) is 5.60. The molecule has 0 amide bonds. The third-order valence-electron chi connectivity index (χ3n) is 1.61. The topological polar surface area (TPSA) is 26.3 Å². The minimum Gasteiger partial charge on any atom is -0.461 e. The first-order valence-electron chi connectivity index (χ1n) is 2.96. The fraction of sp³-hybridized carbons (Fsp3) is 0.833. The lowest BCUT2D eigenvalue weighted by Crippen LogP contribution is -2.42. The number of carbonyl (C=O) groups is 1. The van der Waals surface area contributed by atoms with Crippen molar-refractivity contribution in [3.63, 3.8) is 0 Å². The van der Waals surface area contributed by atoms with E-state index in [0.717, 1.165) is 6.42 Å². The van der Waals surface area contributed by atoms with Crippen molar-refractivity contribution in [3.8, 4) is 0 Å². The molecule has 1 heterocycles. The first-order chi connectivity index (χ1) is 3.75. The van der Waals surface area contributed by atoms with E-state index in [0.29, 0.717) is 0 Å². The molecule has 2 nitrogen and oxygen atoms in total. The van der Waals surface area contributed by atoms with E-state index in [4.69, 9.17) is 4.74 Å². The van der Waals surface area contributed by atoms with E-state index >= 15 is 0 Å². The van der Waals surface area contributed by atoms with Gasteiger partial charge in [-0.25, -0.2) is 0 Å². The second kappa shape index (κ2) is 1.77. The predicted molar refractivity (Wildman–Crippen MR) is 29.3 cm³/mol. The molecule has 0 aromatic carbocycles. The number of ether oxygens (including phenoxy) is 1. The number of rotatable bonds is 1. The molecule has 0 saturated carbocycles. The van der Waals surface area contributed by atoms with Gasteiger partial charge in [-0.3, -0.25) is 4.79 Å². The Morgan fingerprint density at radius 3 is 2.50 bits per heavy atom. The van der Waals surface area contributed by atoms with E-state index < -0.39 is 0 Å². The Morgan fingerprint density at radius 2 is 2.38 bits per heavy atom. The molecular formula is C6H10O2. The van der Waals surface area contributed by atoms with Gasteiger partial charge in [-0.2, -0.15) is 0 Å². The fourth-order valence-corrected chi connectivity index (χ4v) is 0.971. The lowest BCUT2D eigenvalue weighted by Gasteiger charge is -2.31. The van der Waals surface area contributed by atoms with Gasteiger partial charge < -0.3 is 4.74 Å². The van der Waals surface area contributed by atoms with Gasteiger partial charge in [0.15, 0.2) is 0 Å². The standard InChI is InChI=1S/C6H10O2/c1-3-5-4(2)8-6(5)7/h4-5H,3H2,1-2H3/t4?,5-/m1/s1. The Bertz CT molecular complexity index is 109. The van der Waals surface area contributed by atoms with Crippen molar-refractivity contribution in [1.29, 1.82) is 0 Å². The summed E-state index contributed by atoms with van der Waals surface area (Å²) in [7, 11) is 0. The summed E-state index contributed by atoms with van der Waals surface area (Å²) in [6, 6.07) is 0. The van der Waals surface area contributed by atoms with Crippen LogP contribution in [0.15, 0.2) is 0 Å². The molecule has 1 unspecified atom stereocenters. The van der Waals surface area contributed by atoms with Crippen LogP contribution in [0, 0.1) is 5.92 Å². The zero-order valence-electron chi connectivity index (χ0n) is 5.18. The Labute approximate surface area is 48.8 Å². The van der Waals surface area contributed by atoms with Gasteiger partial charge in [0.2, 0.25) is 0 Å². The molecule has 0 aromatic rings. The number of hydrogen-bond donors (Lipinski definition) is 0. The van der Waals surface area contributed by atoms with Gasteiger partial charge in [-0.1, -0.05) is 6.92 Å². The SMILES string of the molecule is CC[C@H]1C(=O)OC1C. The largest absolute Gasteiger partial charge is 0.461 e. The molecule has 0 N–H and O–H groups in total. The number of esters is 1. The van der Waals surface area contributed by atoms with Gasteiger partial charge >= 0.3 is 5.97 Å². The van der Waals surface area contributed by atoms with E-state index in [-0.39, 0.29) is 18.0 Å². The maximum absolute atomic E-state index is 10.4. The third-order valence-corrected chi connectivity index (χ3v) is 1.61. The Balaban J connectivity index is 2.40. The second-order valence-corrected chi connectivity index (χ2v) is 2.16. The molecule has 2 heteroatoms. The van der Waals surface area contributed by atoms with E-state index in [1.165, 1.54) is 0 Å². The van der Waals surface area contributed by atoms with Crippen LogP contribution in [0.2, 0.25) is 0 Å². The Kier molecular flexibility index (Phi) is 1.24. The summed E-state index contributed by atoms with van der Waals surface area (Å²) in [4.78, 5) is 10.4. The minimum absolute atomic E-state index is 0.0278. The van der Waals surface area contributed by atoms with Crippen molar-refractivity contribution in [2.45, 2.75) is 26.4 Å². The molecule has 8 heavy (non-hydrogen) atoms. The van der Waals surface area contributed by atoms with Crippen molar-refractivity contribution in [2.75, 3.05) is 0 Å². The summed E-state index contributed by atoms with van der Waals surface area (Å²) in [5, 5.41) is 0. The molecule has 1 rings (SSSR count). The molecule has 1 aliphatic heterocycles. The number of carbonyl (C=O) groups excluding carboxylic acids is 1. The van der Waals surface area contributed by atoms with Crippen molar-refractivity contribution in [3.05, 3.63) is 0 Å². The van der Waals surface area contributed by atoms with Crippen molar-refractivity contribution in [2.24, 2.45) is 5.92 Å². The van der Waals surface area contributed by atoms with Crippen LogP contribution in [0.5, 0.6) is 0 Å². The van der Waals surface area contributed by atoms with Crippen LogP contribution in [0.1, 0.15) is 20.3 Å². The highest BCUT2D eigenvalue weighted by Crippen LogP contribution is 2.23. The summed E-state index contributed by atoms with van der Waals surface area (Å²) >= 11 is 0. The van der Waals surface area contributed by atoms with Gasteiger partial charge in [0.1, 0.15) is 6.10 Å². The van der Waals surface area contributed by atoms with E-state index in [1.807, 2.05) is 13.8 Å². The molecule has 0 aromatic heterocycles. The molecular weight excluding hydrogens is 104 g/mol. The van der Waals surface area contributed by atoms with Crippen LogP contribution in [-0.4, -0.2) is 12.1 Å². The minimum atomic E-state index is -0.0278. The monoisotopic (exact) mass is 114 g/mol. The van der Waals surface area contributed by atoms with Crippen LogP contribution < -0.4 is 0 Å². The zero-order chi connectivity index (χ0) is 6.15. The van der Waals surface area contributed by atoms with Crippen LogP contribution >= 0.6 is 0 Å². The van der Waals surface area contributed by atoms with Gasteiger partial charge in [0, 0.05) is 0 Å². The lowest BCUT2D eigenvalue weighted by molar-refractivity contribution is -0.182. The van der Waals surface area contributed by atoms with Crippen LogP contribution in [0.3, 0.4) is 0 Å². The fourth-order valence-electron chi connectivity index (χ4n) is 0.971. The second-order valence-electron chi connectivity index (χ2n) is 2.16. The first-order valence-corrected chi connectivity index (χ1v) is 2.96.